The van der Waals surface area contributed by atoms with E-state index in [0.29, 0.717) is 0 Å². The van der Waals surface area contributed by atoms with Gasteiger partial charge in [0.05, 0.1) is 13.2 Å². The molecule has 0 aromatic heterocycles. The van der Waals surface area contributed by atoms with E-state index in [2.05, 4.69) is 23.2 Å². The molecule has 0 aliphatic heterocycles. The van der Waals surface area contributed by atoms with E-state index in [-0.39, 0.29) is 13.2 Å². The second kappa shape index (κ2) is 16.9. The first kappa shape index (κ1) is 23.0. The molecule has 0 aliphatic rings. The molecule has 0 atom stereocenters. The summed E-state index contributed by atoms with van der Waals surface area (Å²) in [5.41, 5.74) is 0. The zero-order chi connectivity index (χ0) is 17.2. The topological polar surface area (TPSA) is 74.2 Å². The van der Waals surface area contributed by atoms with Gasteiger partial charge in [-0.05, 0) is 12.8 Å². The quantitative estimate of drug-likeness (QED) is 0.147. The highest BCUT2D eigenvalue weighted by Gasteiger charge is 2.24. The van der Waals surface area contributed by atoms with Gasteiger partial charge in [0.15, 0.2) is 0 Å². The van der Waals surface area contributed by atoms with Crippen LogP contribution in [0, 0.1) is 0 Å². The molecule has 1 N–H and O–H groups in total. The normalized spacial score (nSPS) is 12.0. The molecule has 0 aromatic rings. The highest BCUT2D eigenvalue weighted by Crippen LogP contribution is 2.43. The summed E-state index contributed by atoms with van der Waals surface area (Å²) in [5.74, 6) is 0. The standard InChI is InChI=1S/C16H35O6P/c1-3-5-7-9-11-13-15-19-21-23(17,18)22-20-16-14-12-10-8-6-4-2/h3-16H2,1-2H3,(H,17,18). The highest BCUT2D eigenvalue weighted by atomic mass is 31.2. The zero-order valence-corrected chi connectivity index (χ0v) is 15.7. The fourth-order valence-electron chi connectivity index (χ4n) is 2.10. The molecule has 0 amide bonds. The predicted molar refractivity (Wildman–Crippen MR) is 90.7 cm³/mol. The molecule has 0 saturated heterocycles. The van der Waals surface area contributed by atoms with Crippen LogP contribution in [-0.4, -0.2) is 18.1 Å². The summed E-state index contributed by atoms with van der Waals surface area (Å²) in [4.78, 5) is 18.7. The molecule has 0 heterocycles. The maximum atomic E-state index is 11.4. The van der Waals surface area contributed by atoms with E-state index in [1.807, 2.05) is 0 Å². The third-order valence-corrected chi connectivity index (χ3v) is 4.04. The van der Waals surface area contributed by atoms with E-state index in [9.17, 15) is 9.46 Å². The molecular formula is C16H35O6P. The Kier molecular flexibility index (Phi) is 16.9. The summed E-state index contributed by atoms with van der Waals surface area (Å²) < 4.78 is 20.2. The van der Waals surface area contributed by atoms with Gasteiger partial charge < -0.3 is 0 Å². The summed E-state index contributed by atoms with van der Waals surface area (Å²) in [5, 5.41) is 0. The van der Waals surface area contributed by atoms with E-state index in [1.165, 1.54) is 38.5 Å². The molecule has 0 aliphatic carbocycles. The lowest BCUT2D eigenvalue weighted by atomic mass is 10.1. The van der Waals surface area contributed by atoms with Gasteiger partial charge in [-0.3, -0.25) is 4.89 Å². The summed E-state index contributed by atoms with van der Waals surface area (Å²) in [7, 11) is -4.27. The minimum absolute atomic E-state index is 0.275. The Morgan fingerprint density at radius 1 is 0.652 bits per heavy atom. The molecule has 7 heteroatoms. The summed E-state index contributed by atoms with van der Waals surface area (Å²) in [6.45, 7) is 4.89. The SMILES string of the molecule is CCCCCCCCOOP(=O)(O)OOCCCCCCCC. The monoisotopic (exact) mass is 354 g/mol. The zero-order valence-electron chi connectivity index (χ0n) is 14.8. The Labute approximate surface area is 141 Å². The number of rotatable bonds is 18. The molecule has 0 saturated carbocycles. The third-order valence-electron chi connectivity index (χ3n) is 3.46. The fourth-order valence-corrected chi connectivity index (χ4v) is 2.54. The second-order valence-corrected chi connectivity index (χ2v) is 7.03. The van der Waals surface area contributed by atoms with Crippen LogP contribution in [0.15, 0.2) is 0 Å². The van der Waals surface area contributed by atoms with E-state index in [1.54, 1.807) is 0 Å². The van der Waals surface area contributed by atoms with Gasteiger partial charge in [-0.15, -0.1) is 9.35 Å². The number of unbranched alkanes of at least 4 members (excludes halogenated alkanes) is 10. The Hall–Kier alpha value is 0.0300. The molecular weight excluding hydrogens is 319 g/mol. The Morgan fingerprint density at radius 3 is 1.39 bits per heavy atom. The first-order valence-electron chi connectivity index (χ1n) is 9.07. The van der Waals surface area contributed by atoms with Crippen molar-refractivity contribution in [2.75, 3.05) is 13.2 Å². The van der Waals surface area contributed by atoms with Crippen molar-refractivity contribution in [1.29, 1.82) is 0 Å². The van der Waals surface area contributed by atoms with Gasteiger partial charge in [0.1, 0.15) is 0 Å². The molecule has 0 bridgehead atoms. The largest absolute Gasteiger partial charge is 0.526 e. The van der Waals surface area contributed by atoms with Crippen molar-refractivity contribution in [2.45, 2.75) is 90.9 Å². The van der Waals surface area contributed by atoms with Crippen LogP contribution in [0.3, 0.4) is 0 Å². The third kappa shape index (κ3) is 18.2. The van der Waals surface area contributed by atoms with Crippen LogP contribution >= 0.6 is 7.82 Å². The Morgan fingerprint density at radius 2 is 1.00 bits per heavy atom. The fraction of sp³-hybridized carbons (Fsp3) is 1.00. The van der Waals surface area contributed by atoms with Gasteiger partial charge in [0, 0.05) is 0 Å². The maximum Gasteiger partial charge on any atom is 0.526 e. The van der Waals surface area contributed by atoms with Crippen LogP contribution in [0.1, 0.15) is 90.9 Å². The van der Waals surface area contributed by atoms with Crippen LogP contribution in [0.4, 0.5) is 0 Å². The lowest BCUT2D eigenvalue weighted by Gasteiger charge is -2.10. The van der Waals surface area contributed by atoms with Gasteiger partial charge in [-0.2, -0.15) is 0 Å². The lowest BCUT2D eigenvalue weighted by Crippen LogP contribution is -2.01. The average molecular weight is 354 g/mol. The van der Waals surface area contributed by atoms with Crippen molar-refractivity contribution < 1.29 is 28.6 Å². The maximum absolute atomic E-state index is 11.4. The summed E-state index contributed by atoms with van der Waals surface area (Å²) in [6.07, 6.45) is 13.3. The van der Waals surface area contributed by atoms with Crippen LogP contribution in [0.25, 0.3) is 0 Å². The van der Waals surface area contributed by atoms with Crippen molar-refractivity contribution in [3.63, 3.8) is 0 Å². The molecule has 0 rings (SSSR count). The molecule has 23 heavy (non-hydrogen) atoms. The Bertz CT molecular complexity index is 264. The first-order valence-corrected chi connectivity index (χ1v) is 10.6. The van der Waals surface area contributed by atoms with E-state index < -0.39 is 7.82 Å². The van der Waals surface area contributed by atoms with Crippen LogP contribution in [-0.2, 0) is 23.7 Å². The smallest absolute Gasteiger partial charge is 0.299 e. The molecule has 0 unspecified atom stereocenters. The van der Waals surface area contributed by atoms with Crippen LogP contribution in [0.2, 0.25) is 0 Å². The molecule has 0 spiro atoms. The Balaban J connectivity index is 3.35. The van der Waals surface area contributed by atoms with Crippen molar-refractivity contribution in [3.8, 4) is 0 Å². The minimum Gasteiger partial charge on any atom is -0.299 e. The van der Waals surface area contributed by atoms with Gasteiger partial charge >= 0.3 is 7.82 Å². The molecule has 0 fully saturated rings. The van der Waals surface area contributed by atoms with Crippen molar-refractivity contribution >= 4 is 7.82 Å². The van der Waals surface area contributed by atoms with Gasteiger partial charge in [0.2, 0.25) is 0 Å². The number of phosphoric acid groups is 1. The van der Waals surface area contributed by atoms with Crippen molar-refractivity contribution in [1.82, 2.24) is 0 Å². The van der Waals surface area contributed by atoms with Gasteiger partial charge in [-0.1, -0.05) is 78.1 Å². The highest BCUT2D eigenvalue weighted by molar-refractivity contribution is 7.47. The summed E-state index contributed by atoms with van der Waals surface area (Å²) >= 11 is 0. The molecule has 140 valence electrons. The summed E-state index contributed by atoms with van der Waals surface area (Å²) in [6, 6.07) is 0. The van der Waals surface area contributed by atoms with Crippen molar-refractivity contribution in [3.05, 3.63) is 0 Å². The lowest BCUT2D eigenvalue weighted by molar-refractivity contribution is -0.279. The second-order valence-electron chi connectivity index (χ2n) is 5.80. The first-order chi connectivity index (χ1) is 11.1. The van der Waals surface area contributed by atoms with Crippen LogP contribution < -0.4 is 0 Å². The number of hydrogen-bond donors (Lipinski definition) is 1. The molecule has 0 radical (unpaired) electrons. The molecule has 0 aromatic carbocycles. The number of hydrogen-bond acceptors (Lipinski definition) is 5. The predicted octanol–water partition coefficient (Wildman–Crippen LogP) is 5.70. The van der Waals surface area contributed by atoms with Gasteiger partial charge in [-0.25, -0.2) is 14.3 Å². The average Bonchev–Trinajstić information content (AvgIpc) is 2.52. The van der Waals surface area contributed by atoms with E-state index in [0.717, 1.165) is 38.5 Å². The van der Waals surface area contributed by atoms with E-state index >= 15 is 0 Å². The molecule has 6 nitrogen and oxygen atoms in total. The van der Waals surface area contributed by atoms with E-state index in [4.69, 9.17) is 9.78 Å². The van der Waals surface area contributed by atoms with Gasteiger partial charge in [0.25, 0.3) is 0 Å². The van der Waals surface area contributed by atoms with Crippen LogP contribution in [0.5, 0.6) is 0 Å². The minimum atomic E-state index is -4.27. The van der Waals surface area contributed by atoms with Crippen molar-refractivity contribution in [2.24, 2.45) is 0 Å².